The maximum Gasteiger partial charge on any atom is 0.252 e. The molecule has 0 aliphatic rings. The zero-order chi connectivity index (χ0) is 22.4. The van der Waals surface area contributed by atoms with E-state index in [9.17, 15) is 9.59 Å². The number of ether oxygens (including phenoxy) is 3. The summed E-state index contributed by atoms with van der Waals surface area (Å²) in [5, 5.41) is 2.78. The van der Waals surface area contributed by atoms with Crippen LogP contribution in [-0.4, -0.2) is 44.3 Å². The Labute approximate surface area is 184 Å². The van der Waals surface area contributed by atoms with Crippen molar-refractivity contribution in [2.45, 2.75) is 19.9 Å². The lowest BCUT2D eigenvalue weighted by Gasteiger charge is -2.08. The van der Waals surface area contributed by atoms with Gasteiger partial charge in [-0.2, -0.15) is 4.99 Å². The van der Waals surface area contributed by atoms with E-state index in [1.54, 1.807) is 33.5 Å². The minimum absolute atomic E-state index is 0.135. The third-order valence-electron chi connectivity index (χ3n) is 4.55. The van der Waals surface area contributed by atoms with Gasteiger partial charge >= 0.3 is 0 Å². The van der Waals surface area contributed by atoms with Gasteiger partial charge in [-0.15, -0.1) is 0 Å². The number of fused-ring (bicyclic) bond motifs is 1. The fourth-order valence-corrected chi connectivity index (χ4v) is 4.26. The molecule has 3 rings (SSSR count). The molecule has 164 valence electrons. The third kappa shape index (κ3) is 5.50. The number of nitrogens with zero attached hydrogens (tertiary/aromatic N) is 2. The zero-order valence-electron chi connectivity index (χ0n) is 17.9. The summed E-state index contributed by atoms with van der Waals surface area (Å²) in [5.41, 5.74) is 2.40. The number of anilines is 1. The van der Waals surface area contributed by atoms with Crippen LogP contribution >= 0.6 is 11.3 Å². The molecule has 0 aliphatic heterocycles. The fourth-order valence-electron chi connectivity index (χ4n) is 3.15. The summed E-state index contributed by atoms with van der Waals surface area (Å²) in [6.07, 6.45) is 0.135. The van der Waals surface area contributed by atoms with Gasteiger partial charge in [-0.25, -0.2) is 0 Å². The van der Waals surface area contributed by atoms with Crippen LogP contribution in [0.5, 0.6) is 11.5 Å². The SMILES string of the molecule is COCCn1c(=NC(=O)Cc2ccc(OC)c(OC)c2)sc2cc(NC(C)=O)ccc21. The van der Waals surface area contributed by atoms with Crippen LogP contribution in [0.25, 0.3) is 10.2 Å². The molecule has 0 fully saturated rings. The average Bonchev–Trinajstić information content (AvgIpc) is 3.07. The van der Waals surface area contributed by atoms with Gasteiger partial charge in [-0.1, -0.05) is 17.4 Å². The minimum atomic E-state index is -0.271. The summed E-state index contributed by atoms with van der Waals surface area (Å²) in [6.45, 7) is 2.50. The number of amides is 2. The van der Waals surface area contributed by atoms with Crippen LogP contribution in [0.3, 0.4) is 0 Å². The Kier molecular flexibility index (Phi) is 7.43. The summed E-state index contributed by atoms with van der Waals surface area (Å²) < 4.78 is 18.6. The van der Waals surface area contributed by atoms with Crippen molar-refractivity contribution in [3.63, 3.8) is 0 Å². The predicted molar refractivity (Wildman–Crippen MR) is 120 cm³/mol. The molecular formula is C22H25N3O5S. The molecule has 0 saturated heterocycles. The second-order valence-corrected chi connectivity index (χ2v) is 7.77. The number of methoxy groups -OCH3 is 3. The van der Waals surface area contributed by atoms with Crippen molar-refractivity contribution in [1.82, 2.24) is 4.57 Å². The number of nitrogens with one attached hydrogen (secondary N) is 1. The van der Waals surface area contributed by atoms with Crippen LogP contribution in [0.15, 0.2) is 41.4 Å². The summed E-state index contributed by atoms with van der Waals surface area (Å²) >= 11 is 1.39. The van der Waals surface area contributed by atoms with Gasteiger partial charge in [0.2, 0.25) is 5.91 Å². The van der Waals surface area contributed by atoms with Gasteiger partial charge in [0.15, 0.2) is 16.3 Å². The van der Waals surface area contributed by atoms with E-state index < -0.39 is 0 Å². The number of carbonyl (C=O) groups is 2. The van der Waals surface area contributed by atoms with Crippen LogP contribution < -0.4 is 19.6 Å². The highest BCUT2D eigenvalue weighted by molar-refractivity contribution is 7.16. The first-order valence-corrected chi connectivity index (χ1v) is 10.4. The topological polar surface area (TPSA) is 91.2 Å². The first-order valence-electron chi connectivity index (χ1n) is 9.63. The third-order valence-corrected chi connectivity index (χ3v) is 5.59. The molecule has 1 heterocycles. The van der Waals surface area contributed by atoms with Crippen LogP contribution in [-0.2, 0) is 27.3 Å². The van der Waals surface area contributed by atoms with Crippen molar-refractivity contribution in [2.75, 3.05) is 33.3 Å². The Bertz CT molecular complexity index is 1170. The molecule has 0 unspecified atom stereocenters. The molecule has 2 aromatic carbocycles. The molecular weight excluding hydrogens is 418 g/mol. The Balaban J connectivity index is 1.95. The lowest BCUT2D eigenvalue weighted by molar-refractivity contribution is -0.117. The smallest absolute Gasteiger partial charge is 0.252 e. The average molecular weight is 444 g/mol. The lowest BCUT2D eigenvalue weighted by atomic mass is 10.1. The highest BCUT2D eigenvalue weighted by Gasteiger charge is 2.11. The number of aromatic nitrogens is 1. The molecule has 31 heavy (non-hydrogen) atoms. The van der Waals surface area contributed by atoms with E-state index in [1.807, 2.05) is 28.8 Å². The second kappa shape index (κ2) is 10.2. The van der Waals surface area contributed by atoms with Crippen molar-refractivity contribution in [3.8, 4) is 11.5 Å². The van der Waals surface area contributed by atoms with E-state index in [-0.39, 0.29) is 18.2 Å². The van der Waals surface area contributed by atoms with Crippen LogP contribution in [0.4, 0.5) is 5.69 Å². The number of hydrogen-bond donors (Lipinski definition) is 1. The summed E-state index contributed by atoms with van der Waals surface area (Å²) in [7, 11) is 4.75. The van der Waals surface area contributed by atoms with E-state index in [0.29, 0.717) is 35.1 Å². The normalized spacial score (nSPS) is 11.5. The van der Waals surface area contributed by atoms with Gasteiger partial charge in [0.25, 0.3) is 5.91 Å². The number of benzene rings is 2. The maximum absolute atomic E-state index is 12.7. The molecule has 3 aromatic rings. The van der Waals surface area contributed by atoms with E-state index in [4.69, 9.17) is 14.2 Å². The van der Waals surface area contributed by atoms with Gasteiger partial charge < -0.3 is 24.1 Å². The standard InChI is InChI=1S/C22H25N3O5S/c1-14(26)23-16-6-7-17-20(13-16)31-22(25(17)9-10-28-2)24-21(27)12-15-5-8-18(29-3)19(11-15)30-4/h5-8,11,13H,9-10,12H2,1-4H3,(H,23,26). The van der Waals surface area contributed by atoms with Gasteiger partial charge in [-0.3, -0.25) is 9.59 Å². The maximum atomic E-state index is 12.7. The van der Waals surface area contributed by atoms with Gasteiger partial charge in [0, 0.05) is 26.3 Å². The predicted octanol–water partition coefficient (Wildman–Crippen LogP) is 2.99. The fraction of sp³-hybridized carbons (Fsp3) is 0.318. The van der Waals surface area contributed by atoms with Crippen molar-refractivity contribution in [1.29, 1.82) is 0 Å². The quantitative estimate of drug-likeness (QED) is 0.578. The number of hydrogen-bond acceptors (Lipinski definition) is 6. The van der Waals surface area contributed by atoms with Crippen molar-refractivity contribution < 1.29 is 23.8 Å². The molecule has 9 heteroatoms. The summed E-state index contributed by atoms with van der Waals surface area (Å²) in [5.74, 6) is 0.757. The Hall–Kier alpha value is -3.17. The molecule has 0 radical (unpaired) electrons. The van der Waals surface area contributed by atoms with Crippen LogP contribution in [0.1, 0.15) is 12.5 Å². The van der Waals surface area contributed by atoms with E-state index in [2.05, 4.69) is 10.3 Å². The van der Waals surface area contributed by atoms with Crippen molar-refractivity contribution in [3.05, 3.63) is 46.8 Å². The van der Waals surface area contributed by atoms with Crippen molar-refractivity contribution in [2.24, 2.45) is 4.99 Å². The number of rotatable bonds is 8. The highest BCUT2D eigenvalue weighted by atomic mass is 32.1. The Morgan fingerprint density at radius 1 is 1.06 bits per heavy atom. The Morgan fingerprint density at radius 2 is 1.84 bits per heavy atom. The van der Waals surface area contributed by atoms with E-state index >= 15 is 0 Å². The summed E-state index contributed by atoms with van der Waals surface area (Å²) in [6, 6.07) is 11.0. The van der Waals surface area contributed by atoms with Gasteiger partial charge in [0.1, 0.15) is 0 Å². The van der Waals surface area contributed by atoms with E-state index in [0.717, 1.165) is 15.8 Å². The Morgan fingerprint density at radius 3 is 2.52 bits per heavy atom. The lowest BCUT2D eigenvalue weighted by Crippen LogP contribution is -2.19. The zero-order valence-corrected chi connectivity index (χ0v) is 18.7. The molecule has 1 aromatic heterocycles. The molecule has 0 aliphatic carbocycles. The minimum Gasteiger partial charge on any atom is -0.493 e. The molecule has 2 amide bonds. The molecule has 0 spiro atoms. The monoisotopic (exact) mass is 443 g/mol. The van der Waals surface area contributed by atoms with E-state index in [1.165, 1.54) is 18.3 Å². The molecule has 0 atom stereocenters. The molecule has 0 saturated carbocycles. The van der Waals surface area contributed by atoms with Crippen LogP contribution in [0, 0.1) is 0 Å². The highest BCUT2D eigenvalue weighted by Crippen LogP contribution is 2.28. The molecule has 8 nitrogen and oxygen atoms in total. The van der Waals surface area contributed by atoms with Crippen LogP contribution in [0.2, 0.25) is 0 Å². The second-order valence-electron chi connectivity index (χ2n) is 6.76. The number of thiazole rings is 1. The van der Waals surface area contributed by atoms with Crippen molar-refractivity contribution >= 4 is 39.1 Å². The first kappa shape index (κ1) is 22.5. The first-order chi connectivity index (χ1) is 14.9. The summed E-state index contributed by atoms with van der Waals surface area (Å²) in [4.78, 5) is 29.0. The largest absolute Gasteiger partial charge is 0.493 e. The van der Waals surface area contributed by atoms with Gasteiger partial charge in [-0.05, 0) is 35.9 Å². The van der Waals surface area contributed by atoms with Gasteiger partial charge in [0.05, 0.1) is 37.5 Å². The molecule has 1 N–H and O–H groups in total. The molecule has 0 bridgehead atoms. The number of carbonyl (C=O) groups excluding carboxylic acids is 2.